The zero-order chi connectivity index (χ0) is 13.8. The molecule has 0 unspecified atom stereocenters. The zero-order valence-electron chi connectivity index (χ0n) is 11.1. The highest BCUT2D eigenvalue weighted by Crippen LogP contribution is 2.25. The van der Waals surface area contributed by atoms with E-state index in [1.165, 1.54) is 0 Å². The molecule has 2 N–H and O–H groups in total. The molecule has 0 spiro atoms. The Kier molecular flexibility index (Phi) is 4.22. The van der Waals surface area contributed by atoms with Gasteiger partial charge in [0.2, 0.25) is 0 Å². The van der Waals surface area contributed by atoms with Gasteiger partial charge in [-0.15, -0.1) is 10.2 Å². The second kappa shape index (κ2) is 5.89. The predicted octanol–water partition coefficient (Wildman–Crippen LogP) is 3.76. The van der Waals surface area contributed by atoms with Gasteiger partial charge in [-0.2, -0.15) is 0 Å². The Hall–Kier alpha value is -1.81. The van der Waals surface area contributed by atoms with E-state index in [1.54, 1.807) is 0 Å². The Balaban J connectivity index is 2.17. The number of fused-ring (bicyclic) bond motifs is 1. The normalized spacial score (nSPS) is 10.7. The summed E-state index contributed by atoms with van der Waals surface area (Å²) >= 11 is 6.02. The van der Waals surface area contributed by atoms with Crippen molar-refractivity contribution >= 4 is 28.2 Å². The fraction of sp³-hybridized carbons (Fsp3) is 0.286. The Morgan fingerprint density at radius 1 is 1.26 bits per heavy atom. The topological polar surface area (TPSA) is 49.8 Å². The maximum Gasteiger partial charge on any atom is 0.175 e. The third-order valence-electron chi connectivity index (χ3n) is 2.65. The molecule has 0 saturated heterocycles. The van der Waals surface area contributed by atoms with Gasteiger partial charge in [-0.05, 0) is 12.3 Å². The van der Waals surface area contributed by atoms with Crippen LogP contribution >= 0.6 is 11.6 Å². The first kappa shape index (κ1) is 13.6. The van der Waals surface area contributed by atoms with Crippen LogP contribution < -0.4 is 10.9 Å². The number of hydrazine groups is 1. The van der Waals surface area contributed by atoms with Gasteiger partial charge in [0.15, 0.2) is 11.0 Å². The van der Waals surface area contributed by atoms with E-state index in [9.17, 15) is 0 Å². The lowest BCUT2D eigenvalue weighted by Gasteiger charge is -2.14. The van der Waals surface area contributed by atoms with E-state index in [1.807, 2.05) is 24.3 Å². The summed E-state index contributed by atoms with van der Waals surface area (Å²) in [5.74, 6) is 1.19. The number of allylic oxidation sites excluding steroid dienone is 1. The van der Waals surface area contributed by atoms with E-state index >= 15 is 0 Å². The van der Waals surface area contributed by atoms with Gasteiger partial charge in [0, 0.05) is 16.5 Å². The fourth-order valence-electron chi connectivity index (χ4n) is 1.85. The van der Waals surface area contributed by atoms with Crippen molar-refractivity contribution < 1.29 is 0 Å². The molecule has 2 rings (SSSR count). The van der Waals surface area contributed by atoms with Crippen molar-refractivity contribution in [3.8, 4) is 0 Å². The summed E-state index contributed by atoms with van der Waals surface area (Å²) in [5.41, 5.74) is 7.00. The molecule has 4 nitrogen and oxygen atoms in total. The highest BCUT2D eigenvalue weighted by atomic mass is 35.5. The maximum absolute atomic E-state index is 6.02. The zero-order valence-corrected chi connectivity index (χ0v) is 11.8. The average Bonchev–Trinajstić information content (AvgIpc) is 2.37. The standard InChI is InChI=1S/C14H17ClN4/c1-9(2)8-10(3)16-18-14-12-7-5-4-6-11(12)13(15)17-19-14/h4-7,9,16H,3,8H2,1-2H3,(H,18,19). The molecule has 1 heterocycles. The first-order valence-electron chi connectivity index (χ1n) is 6.18. The van der Waals surface area contributed by atoms with Crippen LogP contribution in [-0.2, 0) is 0 Å². The number of nitrogens with one attached hydrogen (secondary N) is 2. The summed E-state index contributed by atoms with van der Waals surface area (Å²) < 4.78 is 0. The van der Waals surface area contributed by atoms with Gasteiger partial charge in [0.05, 0.1) is 0 Å². The maximum atomic E-state index is 6.02. The molecule has 0 aliphatic heterocycles. The Morgan fingerprint density at radius 2 is 1.95 bits per heavy atom. The third kappa shape index (κ3) is 3.35. The molecule has 1 aromatic heterocycles. The smallest absolute Gasteiger partial charge is 0.175 e. The van der Waals surface area contributed by atoms with Crippen molar-refractivity contribution in [1.29, 1.82) is 0 Å². The quantitative estimate of drug-likeness (QED) is 0.817. The lowest BCUT2D eigenvalue weighted by Crippen LogP contribution is -2.22. The molecule has 0 saturated carbocycles. The molecule has 5 heteroatoms. The Morgan fingerprint density at radius 3 is 2.63 bits per heavy atom. The molecule has 0 amide bonds. The van der Waals surface area contributed by atoms with Gasteiger partial charge in [-0.3, -0.25) is 5.43 Å². The molecule has 0 aliphatic carbocycles. The summed E-state index contributed by atoms with van der Waals surface area (Å²) in [6.07, 6.45) is 0.895. The Labute approximate surface area is 117 Å². The van der Waals surface area contributed by atoms with Crippen molar-refractivity contribution in [2.45, 2.75) is 20.3 Å². The number of hydrogen-bond donors (Lipinski definition) is 2. The minimum Gasteiger partial charge on any atom is -0.304 e. The number of nitrogens with zero attached hydrogens (tertiary/aromatic N) is 2. The van der Waals surface area contributed by atoms with Crippen LogP contribution in [0.5, 0.6) is 0 Å². The summed E-state index contributed by atoms with van der Waals surface area (Å²) in [6, 6.07) is 7.73. The van der Waals surface area contributed by atoms with Gasteiger partial charge in [-0.1, -0.05) is 56.3 Å². The lowest BCUT2D eigenvalue weighted by atomic mass is 10.1. The van der Waals surface area contributed by atoms with Gasteiger partial charge in [0.1, 0.15) is 0 Å². The second-order valence-corrected chi connectivity index (χ2v) is 5.19. The lowest BCUT2D eigenvalue weighted by molar-refractivity contribution is 0.618. The number of benzene rings is 1. The molecule has 2 aromatic rings. The molecule has 1 aromatic carbocycles. The highest BCUT2D eigenvalue weighted by Gasteiger charge is 2.07. The van der Waals surface area contributed by atoms with Crippen LogP contribution in [0, 0.1) is 5.92 Å². The first-order valence-corrected chi connectivity index (χ1v) is 6.56. The van der Waals surface area contributed by atoms with Crippen molar-refractivity contribution in [3.05, 3.63) is 41.7 Å². The highest BCUT2D eigenvalue weighted by molar-refractivity contribution is 6.34. The molecule has 0 fully saturated rings. The van der Waals surface area contributed by atoms with Crippen LogP contribution in [-0.4, -0.2) is 10.2 Å². The van der Waals surface area contributed by atoms with Crippen LogP contribution in [0.2, 0.25) is 5.15 Å². The third-order valence-corrected chi connectivity index (χ3v) is 2.93. The minimum atomic E-state index is 0.405. The van der Waals surface area contributed by atoms with Crippen LogP contribution in [0.4, 0.5) is 5.82 Å². The van der Waals surface area contributed by atoms with Crippen LogP contribution in [0.3, 0.4) is 0 Å². The molecular weight excluding hydrogens is 260 g/mol. The number of anilines is 1. The summed E-state index contributed by atoms with van der Waals surface area (Å²) in [4.78, 5) is 0. The monoisotopic (exact) mass is 276 g/mol. The second-order valence-electron chi connectivity index (χ2n) is 4.84. The fourth-order valence-corrected chi connectivity index (χ4v) is 2.06. The largest absolute Gasteiger partial charge is 0.304 e. The van der Waals surface area contributed by atoms with Crippen molar-refractivity contribution in [3.63, 3.8) is 0 Å². The van der Waals surface area contributed by atoms with E-state index in [0.717, 1.165) is 22.9 Å². The van der Waals surface area contributed by atoms with E-state index in [0.29, 0.717) is 16.9 Å². The number of halogens is 1. The van der Waals surface area contributed by atoms with Crippen LogP contribution in [0.25, 0.3) is 10.8 Å². The molecule has 0 aliphatic rings. The van der Waals surface area contributed by atoms with E-state index in [4.69, 9.17) is 11.6 Å². The SMILES string of the molecule is C=C(CC(C)C)NNc1nnc(Cl)c2ccccc12. The summed E-state index contributed by atoms with van der Waals surface area (Å²) in [5, 5.41) is 10.2. The minimum absolute atomic E-state index is 0.405. The molecule has 0 atom stereocenters. The van der Waals surface area contributed by atoms with Crippen LogP contribution in [0.15, 0.2) is 36.5 Å². The number of rotatable bonds is 5. The van der Waals surface area contributed by atoms with Gasteiger partial charge in [-0.25, -0.2) is 0 Å². The van der Waals surface area contributed by atoms with Gasteiger partial charge in [0.25, 0.3) is 0 Å². The van der Waals surface area contributed by atoms with Gasteiger partial charge < -0.3 is 5.43 Å². The van der Waals surface area contributed by atoms with Crippen molar-refractivity contribution in [1.82, 2.24) is 15.6 Å². The van der Waals surface area contributed by atoms with E-state index in [2.05, 4.69) is 41.5 Å². The summed E-state index contributed by atoms with van der Waals surface area (Å²) in [7, 11) is 0. The first-order chi connectivity index (χ1) is 9.08. The van der Waals surface area contributed by atoms with Crippen molar-refractivity contribution in [2.24, 2.45) is 5.92 Å². The molecule has 0 radical (unpaired) electrons. The average molecular weight is 277 g/mol. The van der Waals surface area contributed by atoms with Crippen molar-refractivity contribution in [2.75, 3.05) is 5.43 Å². The molecular formula is C14H17ClN4. The molecule has 0 bridgehead atoms. The van der Waals surface area contributed by atoms with E-state index < -0.39 is 0 Å². The van der Waals surface area contributed by atoms with Crippen LogP contribution in [0.1, 0.15) is 20.3 Å². The van der Waals surface area contributed by atoms with Gasteiger partial charge >= 0.3 is 0 Å². The molecule has 19 heavy (non-hydrogen) atoms. The summed E-state index contributed by atoms with van der Waals surface area (Å²) in [6.45, 7) is 8.25. The van der Waals surface area contributed by atoms with E-state index in [-0.39, 0.29) is 0 Å². The molecule has 100 valence electrons. The predicted molar refractivity (Wildman–Crippen MR) is 79.9 cm³/mol. The number of aromatic nitrogens is 2. The Bertz CT molecular complexity index is 595. The number of hydrogen-bond acceptors (Lipinski definition) is 4.